The predicted molar refractivity (Wildman–Crippen MR) is 100 cm³/mol. The number of carbonyl (C=O) groups excluding carboxylic acids is 1. The van der Waals surface area contributed by atoms with Crippen LogP contribution < -0.4 is 5.32 Å². The highest BCUT2D eigenvalue weighted by molar-refractivity contribution is 7.99. The maximum absolute atomic E-state index is 12.5. The Labute approximate surface area is 161 Å². The standard InChI is InChI=1S/C17H20N4O4S2/c22-15(11-26-17-20-19-16(25-17)12-3-4-12)18-13-5-7-14(8-6-13)27(23,24)21-9-1-2-10-21/h5-8,12H,1-4,9-11H2,(H,18,22). The van der Waals surface area contributed by atoms with E-state index in [4.69, 9.17) is 4.42 Å². The van der Waals surface area contributed by atoms with Crippen LogP contribution in [0, 0.1) is 0 Å². The van der Waals surface area contributed by atoms with E-state index >= 15 is 0 Å². The highest BCUT2D eigenvalue weighted by Crippen LogP contribution is 2.39. The number of nitrogens with one attached hydrogen (secondary N) is 1. The molecule has 2 aliphatic rings. The van der Waals surface area contributed by atoms with Crippen LogP contribution in [0.15, 0.2) is 38.8 Å². The molecule has 0 unspecified atom stereocenters. The number of hydrogen-bond acceptors (Lipinski definition) is 7. The summed E-state index contributed by atoms with van der Waals surface area (Å²) in [6.45, 7) is 1.13. The van der Waals surface area contributed by atoms with Gasteiger partial charge in [-0.05, 0) is 49.9 Å². The second-order valence-electron chi connectivity index (χ2n) is 6.65. The molecule has 1 amide bonds. The predicted octanol–water partition coefficient (Wildman–Crippen LogP) is 2.46. The van der Waals surface area contributed by atoms with Crippen LogP contribution in [0.4, 0.5) is 5.69 Å². The molecule has 1 N–H and O–H groups in total. The molecule has 1 saturated carbocycles. The van der Waals surface area contributed by atoms with Crippen molar-refractivity contribution >= 4 is 33.4 Å². The average Bonchev–Trinajstić information content (AvgIpc) is 3.16. The van der Waals surface area contributed by atoms with Crippen molar-refractivity contribution in [2.45, 2.75) is 41.7 Å². The summed E-state index contributed by atoms with van der Waals surface area (Å²) in [6.07, 6.45) is 3.95. The van der Waals surface area contributed by atoms with E-state index in [-0.39, 0.29) is 16.6 Å². The third kappa shape index (κ3) is 4.33. The number of sulfonamides is 1. The molecule has 27 heavy (non-hydrogen) atoms. The van der Waals surface area contributed by atoms with E-state index in [1.54, 1.807) is 12.1 Å². The second-order valence-corrected chi connectivity index (χ2v) is 9.52. The Morgan fingerprint density at radius 3 is 2.56 bits per heavy atom. The first-order valence-corrected chi connectivity index (χ1v) is 11.3. The zero-order valence-corrected chi connectivity index (χ0v) is 16.3. The van der Waals surface area contributed by atoms with Crippen LogP contribution >= 0.6 is 11.8 Å². The van der Waals surface area contributed by atoms with E-state index in [0.717, 1.165) is 25.7 Å². The Morgan fingerprint density at radius 2 is 1.89 bits per heavy atom. The van der Waals surface area contributed by atoms with Crippen LogP contribution in [0.5, 0.6) is 0 Å². The highest BCUT2D eigenvalue weighted by atomic mass is 32.2. The normalized spacial score (nSPS) is 17.9. The number of aromatic nitrogens is 2. The number of carbonyl (C=O) groups is 1. The molecule has 0 spiro atoms. The molecule has 2 aromatic rings. The lowest BCUT2D eigenvalue weighted by molar-refractivity contribution is -0.113. The van der Waals surface area contributed by atoms with Gasteiger partial charge in [-0.15, -0.1) is 10.2 Å². The Kier molecular flexibility index (Phi) is 5.20. The van der Waals surface area contributed by atoms with Crippen molar-refractivity contribution in [1.29, 1.82) is 0 Å². The fraction of sp³-hybridized carbons (Fsp3) is 0.471. The van der Waals surface area contributed by atoms with Crippen LogP contribution in [-0.4, -0.2) is 47.7 Å². The Hall–Kier alpha value is -1.91. The fourth-order valence-corrected chi connectivity index (χ4v) is 4.97. The first kappa shape index (κ1) is 18.5. The summed E-state index contributed by atoms with van der Waals surface area (Å²) in [5, 5.41) is 11.0. The monoisotopic (exact) mass is 408 g/mol. The molecule has 2 fully saturated rings. The van der Waals surface area contributed by atoms with Gasteiger partial charge in [0.15, 0.2) is 0 Å². The van der Waals surface area contributed by atoms with Gasteiger partial charge in [-0.2, -0.15) is 4.31 Å². The third-order valence-corrected chi connectivity index (χ3v) is 7.25. The van der Waals surface area contributed by atoms with Crippen molar-refractivity contribution in [2.75, 3.05) is 24.2 Å². The van der Waals surface area contributed by atoms with Gasteiger partial charge in [0.05, 0.1) is 10.6 Å². The van der Waals surface area contributed by atoms with Gasteiger partial charge in [0.2, 0.25) is 21.8 Å². The molecule has 0 bridgehead atoms. The quantitative estimate of drug-likeness (QED) is 0.702. The first-order chi connectivity index (χ1) is 13.0. The largest absolute Gasteiger partial charge is 0.416 e. The van der Waals surface area contributed by atoms with Crippen molar-refractivity contribution in [3.05, 3.63) is 30.2 Å². The van der Waals surface area contributed by atoms with Gasteiger partial charge in [-0.25, -0.2) is 8.42 Å². The van der Waals surface area contributed by atoms with E-state index in [9.17, 15) is 13.2 Å². The van der Waals surface area contributed by atoms with E-state index in [1.165, 1.54) is 28.2 Å². The molecule has 0 radical (unpaired) electrons. The first-order valence-electron chi connectivity index (χ1n) is 8.88. The zero-order valence-electron chi connectivity index (χ0n) is 14.6. The lowest BCUT2D eigenvalue weighted by Gasteiger charge is -2.15. The van der Waals surface area contributed by atoms with Crippen LogP contribution in [0.25, 0.3) is 0 Å². The van der Waals surface area contributed by atoms with Crippen molar-refractivity contribution in [3.8, 4) is 0 Å². The minimum absolute atomic E-state index is 0.139. The van der Waals surface area contributed by atoms with Crippen molar-refractivity contribution in [1.82, 2.24) is 14.5 Å². The van der Waals surface area contributed by atoms with E-state index in [0.29, 0.717) is 35.8 Å². The van der Waals surface area contributed by atoms with Crippen molar-refractivity contribution in [3.63, 3.8) is 0 Å². The molecule has 0 atom stereocenters. The van der Waals surface area contributed by atoms with Gasteiger partial charge in [-0.3, -0.25) is 4.79 Å². The Bertz CT molecular complexity index is 917. The highest BCUT2D eigenvalue weighted by Gasteiger charge is 2.29. The smallest absolute Gasteiger partial charge is 0.277 e. The van der Waals surface area contributed by atoms with E-state index in [2.05, 4.69) is 15.5 Å². The van der Waals surface area contributed by atoms with Crippen LogP contribution in [0.2, 0.25) is 0 Å². The molecule has 2 heterocycles. The van der Waals surface area contributed by atoms with Gasteiger partial charge in [-0.1, -0.05) is 11.8 Å². The molecule has 1 aliphatic heterocycles. The van der Waals surface area contributed by atoms with Crippen LogP contribution in [-0.2, 0) is 14.8 Å². The molecule has 8 nitrogen and oxygen atoms in total. The molecule has 4 rings (SSSR count). The maximum Gasteiger partial charge on any atom is 0.277 e. The number of nitrogens with zero attached hydrogens (tertiary/aromatic N) is 3. The fourth-order valence-electron chi connectivity index (χ4n) is 2.89. The van der Waals surface area contributed by atoms with Gasteiger partial charge >= 0.3 is 0 Å². The molecule has 1 saturated heterocycles. The van der Waals surface area contributed by atoms with Crippen molar-refractivity contribution < 1.29 is 17.6 Å². The zero-order chi connectivity index (χ0) is 18.9. The molecule has 1 aromatic carbocycles. The molecule has 1 aromatic heterocycles. The van der Waals surface area contributed by atoms with E-state index < -0.39 is 10.0 Å². The molecule has 1 aliphatic carbocycles. The molecular weight excluding hydrogens is 388 g/mol. The van der Waals surface area contributed by atoms with Crippen LogP contribution in [0.3, 0.4) is 0 Å². The second kappa shape index (κ2) is 7.61. The number of hydrogen-bond donors (Lipinski definition) is 1. The minimum Gasteiger partial charge on any atom is -0.416 e. The van der Waals surface area contributed by atoms with Crippen molar-refractivity contribution in [2.24, 2.45) is 0 Å². The summed E-state index contributed by atoms with van der Waals surface area (Å²) in [4.78, 5) is 12.3. The topological polar surface area (TPSA) is 105 Å². The molecule has 10 heteroatoms. The van der Waals surface area contributed by atoms with Gasteiger partial charge < -0.3 is 9.73 Å². The summed E-state index contributed by atoms with van der Waals surface area (Å²) in [5.74, 6) is 0.949. The number of rotatable bonds is 7. The Morgan fingerprint density at radius 1 is 1.19 bits per heavy atom. The van der Waals surface area contributed by atoms with E-state index in [1.807, 2.05) is 0 Å². The number of thioether (sulfide) groups is 1. The Balaban J connectivity index is 1.31. The van der Waals surface area contributed by atoms with Gasteiger partial charge in [0.25, 0.3) is 5.22 Å². The SMILES string of the molecule is O=C(CSc1nnc(C2CC2)o1)Nc1ccc(S(=O)(=O)N2CCCC2)cc1. The summed E-state index contributed by atoms with van der Waals surface area (Å²) >= 11 is 1.18. The van der Waals surface area contributed by atoms with Crippen LogP contribution in [0.1, 0.15) is 37.5 Å². The molecular formula is C17H20N4O4S2. The number of benzene rings is 1. The van der Waals surface area contributed by atoms with Gasteiger partial charge in [0, 0.05) is 24.7 Å². The minimum atomic E-state index is -3.44. The number of anilines is 1. The lowest BCUT2D eigenvalue weighted by Crippen LogP contribution is -2.27. The summed E-state index contributed by atoms with van der Waals surface area (Å²) in [7, 11) is -3.44. The average molecular weight is 409 g/mol. The van der Waals surface area contributed by atoms with Gasteiger partial charge in [0.1, 0.15) is 0 Å². The third-order valence-electron chi connectivity index (χ3n) is 4.52. The number of amides is 1. The summed E-state index contributed by atoms with van der Waals surface area (Å²) in [6, 6.07) is 6.25. The lowest BCUT2D eigenvalue weighted by atomic mass is 10.3. The summed E-state index contributed by atoms with van der Waals surface area (Å²) in [5.41, 5.74) is 0.546. The molecule has 144 valence electrons. The maximum atomic E-state index is 12.5. The summed E-state index contributed by atoms with van der Waals surface area (Å²) < 4.78 is 32.0.